The predicted molar refractivity (Wildman–Crippen MR) is 59.6 cm³/mol. The van der Waals surface area contributed by atoms with Crippen LogP contribution < -0.4 is 0 Å². The summed E-state index contributed by atoms with van der Waals surface area (Å²) in [5.41, 5.74) is 1.93. The molecule has 0 aromatic heterocycles. The van der Waals surface area contributed by atoms with Crippen LogP contribution in [-0.2, 0) is 17.6 Å². The van der Waals surface area contributed by atoms with Gasteiger partial charge in [-0.15, -0.1) is 0 Å². The SMILES string of the molecule is CCc1c(Br)ccc(CC(=O)O)c1C#N. The molecule has 1 rings (SSSR count). The van der Waals surface area contributed by atoms with Crippen LogP contribution in [0.3, 0.4) is 0 Å². The molecule has 1 N–H and O–H groups in total. The van der Waals surface area contributed by atoms with Crippen LogP contribution in [0.15, 0.2) is 16.6 Å². The Morgan fingerprint density at radius 3 is 2.73 bits per heavy atom. The van der Waals surface area contributed by atoms with Crippen molar-refractivity contribution in [3.05, 3.63) is 33.3 Å². The van der Waals surface area contributed by atoms with Gasteiger partial charge >= 0.3 is 5.97 Å². The first-order chi connectivity index (χ1) is 7.10. The Morgan fingerprint density at radius 2 is 2.27 bits per heavy atom. The molecule has 0 unspecified atom stereocenters. The minimum absolute atomic E-state index is 0.108. The van der Waals surface area contributed by atoms with Gasteiger partial charge in [0.05, 0.1) is 18.1 Å². The first-order valence-electron chi connectivity index (χ1n) is 4.52. The van der Waals surface area contributed by atoms with Crippen LogP contribution in [0.4, 0.5) is 0 Å². The molecule has 0 aliphatic carbocycles. The maximum Gasteiger partial charge on any atom is 0.307 e. The Kier molecular flexibility index (Phi) is 3.87. The first-order valence-corrected chi connectivity index (χ1v) is 5.31. The molecular formula is C11H10BrNO2. The summed E-state index contributed by atoms with van der Waals surface area (Å²) < 4.78 is 0.857. The van der Waals surface area contributed by atoms with Crippen molar-refractivity contribution < 1.29 is 9.90 Å². The highest BCUT2D eigenvalue weighted by atomic mass is 79.9. The van der Waals surface area contributed by atoms with Gasteiger partial charge in [-0.2, -0.15) is 5.26 Å². The van der Waals surface area contributed by atoms with Crippen LogP contribution in [0.2, 0.25) is 0 Å². The number of aliphatic carboxylic acids is 1. The Hall–Kier alpha value is -1.34. The van der Waals surface area contributed by atoms with Crippen molar-refractivity contribution in [1.82, 2.24) is 0 Å². The molecule has 0 bridgehead atoms. The molecule has 0 fully saturated rings. The molecule has 0 atom stereocenters. The zero-order valence-electron chi connectivity index (χ0n) is 8.25. The summed E-state index contributed by atoms with van der Waals surface area (Å²) in [5.74, 6) is -0.920. The van der Waals surface area contributed by atoms with Gasteiger partial charge in [-0.25, -0.2) is 0 Å². The molecule has 0 heterocycles. The van der Waals surface area contributed by atoms with Crippen molar-refractivity contribution in [2.75, 3.05) is 0 Å². The third-order valence-electron chi connectivity index (χ3n) is 2.15. The zero-order valence-corrected chi connectivity index (χ0v) is 9.84. The summed E-state index contributed by atoms with van der Waals surface area (Å²) in [6.45, 7) is 1.94. The van der Waals surface area contributed by atoms with E-state index in [4.69, 9.17) is 10.4 Å². The molecule has 0 radical (unpaired) electrons. The van der Waals surface area contributed by atoms with Crippen LogP contribution in [0.1, 0.15) is 23.6 Å². The number of carbonyl (C=O) groups is 1. The second-order valence-electron chi connectivity index (χ2n) is 3.10. The van der Waals surface area contributed by atoms with Gasteiger partial charge in [0.2, 0.25) is 0 Å². The minimum Gasteiger partial charge on any atom is -0.481 e. The molecule has 0 saturated carbocycles. The zero-order chi connectivity index (χ0) is 11.4. The number of carboxylic acids is 1. The van der Waals surface area contributed by atoms with E-state index in [9.17, 15) is 4.79 Å². The Bertz CT molecular complexity index is 435. The number of hydrogen-bond acceptors (Lipinski definition) is 2. The molecule has 0 aliphatic rings. The fraction of sp³-hybridized carbons (Fsp3) is 0.273. The third-order valence-corrected chi connectivity index (χ3v) is 2.89. The second kappa shape index (κ2) is 4.94. The standard InChI is InChI=1S/C11H10BrNO2/c1-2-8-9(6-13)7(5-11(14)15)3-4-10(8)12/h3-4H,2,5H2,1H3,(H,14,15). The fourth-order valence-electron chi connectivity index (χ4n) is 1.47. The minimum atomic E-state index is -0.920. The van der Waals surface area contributed by atoms with E-state index in [1.54, 1.807) is 12.1 Å². The molecule has 0 spiro atoms. The normalized spacial score (nSPS) is 9.67. The number of nitrogens with zero attached hydrogens (tertiary/aromatic N) is 1. The van der Waals surface area contributed by atoms with Crippen molar-refractivity contribution in [1.29, 1.82) is 5.26 Å². The molecular weight excluding hydrogens is 258 g/mol. The highest BCUT2D eigenvalue weighted by Crippen LogP contribution is 2.24. The summed E-state index contributed by atoms with van der Waals surface area (Å²) in [6, 6.07) is 5.53. The van der Waals surface area contributed by atoms with Gasteiger partial charge in [-0.05, 0) is 23.6 Å². The molecule has 4 heteroatoms. The molecule has 78 valence electrons. The van der Waals surface area contributed by atoms with Crippen LogP contribution in [0.25, 0.3) is 0 Å². The van der Waals surface area contributed by atoms with E-state index >= 15 is 0 Å². The van der Waals surface area contributed by atoms with Gasteiger partial charge in [-0.3, -0.25) is 4.79 Å². The van der Waals surface area contributed by atoms with Crippen LogP contribution >= 0.6 is 15.9 Å². The van der Waals surface area contributed by atoms with Crippen LogP contribution in [-0.4, -0.2) is 11.1 Å². The van der Waals surface area contributed by atoms with E-state index in [0.717, 1.165) is 10.0 Å². The summed E-state index contributed by atoms with van der Waals surface area (Å²) in [6.07, 6.45) is 0.597. The maximum absolute atomic E-state index is 10.6. The van der Waals surface area contributed by atoms with Gasteiger partial charge in [0.1, 0.15) is 0 Å². The largest absolute Gasteiger partial charge is 0.481 e. The number of carboxylic acid groups (broad SMARTS) is 1. The first kappa shape index (κ1) is 11.7. The molecule has 1 aromatic rings. The lowest BCUT2D eigenvalue weighted by atomic mass is 9.98. The van der Waals surface area contributed by atoms with Crippen LogP contribution in [0.5, 0.6) is 0 Å². The molecule has 15 heavy (non-hydrogen) atoms. The maximum atomic E-state index is 10.6. The van der Waals surface area contributed by atoms with E-state index in [2.05, 4.69) is 22.0 Å². The lowest BCUT2D eigenvalue weighted by Crippen LogP contribution is -2.04. The Morgan fingerprint density at radius 1 is 1.60 bits per heavy atom. The average molecular weight is 268 g/mol. The van der Waals surface area contributed by atoms with Crippen molar-refractivity contribution >= 4 is 21.9 Å². The smallest absolute Gasteiger partial charge is 0.307 e. The van der Waals surface area contributed by atoms with E-state index in [0.29, 0.717) is 17.5 Å². The predicted octanol–water partition coefficient (Wildman–Crippen LogP) is 2.51. The lowest BCUT2D eigenvalue weighted by molar-refractivity contribution is -0.136. The van der Waals surface area contributed by atoms with Gasteiger partial charge in [0, 0.05) is 4.47 Å². The van der Waals surface area contributed by atoms with Crippen molar-refractivity contribution in [3.8, 4) is 6.07 Å². The highest BCUT2D eigenvalue weighted by Gasteiger charge is 2.12. The van der Waals surface area contributed by atoms with Gasteiger partial charge in [0.25, 0.3) is 0 Å². The van der Waals surface area contributed by atoms with Crippen molar-refractivity contribution in [2.45, 2.75) is 19.8 Å². The number of halogens is 1. The Balaban J connectivity index is 3.30. The van der Waals surface area contributed by atoms with E-state index < -0.39 is 5.97 Å². The summed E-state index contributed by atoms with van der Waals surface area (Å²) in [7, 11) is 0. The van der Waals surface area contributed by atoms with Gasteiger partial charge < -0.3 is 5.11 Å². The summed E-state index contributed by atoms with van der Waals surface area (Å²) in [4.78, 5) is 10.6. The molecule has 0 saturated heterocycles. The van der Waals surface area contributed by atoms with E-state index in [1.165, 1.54) is 0 Å². The van der Waals surface area contributed by atoms with E-state index in [1.807, 2.05) is 6.92 Å². The number of nitriles is 1. The third kappa shape index (κ3) is 2.57. The van der Waals surface area contributed by atoms with Crippen molar-refractivity contribution in [2.24, 2.45) is 0 Å². The van der Waals surface area contributed by atoms with Crippen molar-refractivity contribution in [3.63, 3.8) is 0 Å². The molecule has 1 aromatic carbocycles. The number of benzene rings is 1. The second-order valence-corrected chi connectivity index (χ2v) is 3.95. The van der Waals surface area contributed by atoms with Crippen LogP contribution in [0, 0.1) is 11.3 Å². The Labute approximate surface area is 96.5 Å². The van der Waals surface area contributed by atoms with E-state index in [-0.39, 0.29) is 6.42 Å². The quantitative estimate of drug-likeness (QED) is 0.916. The topological polar surface area (TPSA) is 61.1 Å². The van der Waals surface area contributed by atoms with Gasteiger partial charge in [0.15, 0.2) is 0 Å². The summed E-state index contributed by atoms with van der Waals surface area (Å²) in [5, 5.41) is 17.7. The molecule has 0 amide bonds. The summed E-state index contributed by atoms with van der Waals surface area (Å²) >= 11 is 3.35. The molecule has 3 nitrogen and oxygen atoms in total. The number of rotatable bonds is 3. The number of hydrogen-bond donors (Lipinski definition) is 1. The van der Waals surface area contributed by atoms with Gasteiger partial charge in [-0.1, -0.05) is 28.9 Å². The highest BCUT2D eigenvalue weighted by molar-refractivity contribution is 9.10. The monoisotopic (exact) mass is 267 g/mol. The average Bonchev–Trinajstić information content (AvgIpc) is 2.19. The lowest BCUT2D eigenvalue weighted by Gasteiger charge is -2.08. The molecule has 0 aliphatic heterocycles. The fourth-order valence-corrected chi connectivity index (χ4v) is 2.08.